The van der Waals surface area contributed by atoms with Crippen LogP contribution in [0, 0.1) is 0 Å². The number of nitrogens with one attached hydrogen (secondary N) is 2. The molecule has 5 rings (SSSR count). The van der Waals surface area contributed by atoms with E-state index in [-0.39, 0.29) is 21.6 Å². The van der Waals surface area contributed by atoms with Crippen molar-refractivity contribution in [1.29, 1.82) is 0 Å². The largest absolute Gasteiger partial charge is 2.00 e. The predicted octanol–water partition coefficient (Wildman–Crippen LogP) is 3.32. The van der Waals surface area contributed by atoms with Gasteiger partial charge in [-0.25, -0.2) is 4.98 Å². The van der Waals surface area contributed by atoms with Gasteiger partial charge in [-0.05, 0) is 24.3 Å². The molecule has 3 aromatic carbocycles. The molecule has 0 aliphatic carbocycles. The number of aromatic nitrogens is 2. The van der Waals surface area contributed by atoms with E-state index < -0.39 is 0 Å². The molecule has 0 radical (unpaired) electrons. The third-order valence-corrected chi connectivity index (χ3v) is 5.47. The Labute approximate surface area is 182 Å². The second-order valence-corrected chi connectivity index (χ2v) is 7.37. The van der Waals surface area contributed by atoms with Crippen LogP contribution in [0.4, 0.5) is 0 Å². The maximum Gasteiger partial charge on any atom is 2.00 e. The first-order valence-corrected chi connectivity index (χ1v) is 9.94. The molecular formula is C24H18BeN2O2S+2. The topological polar surface area (TPSA) is 74.4 Å². The minimum absolute atomic E-state index is 0. The molecule has 0 aliphatic rings. The van der Waals surface area contributed by atoms with E-state index in [1.165, 1.54) is 4.70 Å². The van der Waals surface area contributed by atoms with E-state index in [0.29, 0.717) is 5.56 Å². The number of hydrogen-bond donors (Lipinski definition) is 0. The molecule has 0 aliphatic heterocycles. The number of para-hydroxylation sites is 3. The van der Waals surface area contributed by atoms with Gasteiger partial charge >= 0.3 is 10.1 Å². The van der Waals surface area contributed by atoms with Gasteiger partial charge in [-0.15, -0.1) is 0 Å². The van der Waals surface area contributed by atoms with Crippen LogP contribution in [-0.2, 0) is 0 Å². The van der Waals surface area contributed by atoms with Gasteiger partial charge in [0.05, 0.1) is 0 Å². The van der Waals surface area contributed by atoms with Crippen molar-refractivity contribution in [3.05, 3.63) is 97.2 Å². The minimum Gasteiger partial charge on any atom is -0.872 e. The summed E-state index contributed by atoms with van der Waals surface area (Å²) < 4.78 is 1.17. The van der Waals surface area contributed by atoms with Crippen LogP contribution in [0.2, 0.25) is 0 Å². The van der Waals surface area contributed by atoms with E-state index in [1.807, 2.05) is 72.9 Å². The molecule has 0 fully saturated rings. The Morgan fingerprint density at radius 2 is 1.23 bits per heavy atom. The van der Waals surface area contributed by atoms with Crippen molar-refractivity contribution in [1.82, 2.24) is 0 Å². The number of thiazole rings is 1. The standard InChI is InChI=1S/C13H9NOS.C11H9NO.Be/c15-11-7-3-1-5-9(11)13-14-10-6-2-4-8-12(10)16-13;13-11-7-2-1-5-9(11)10-6-3-4-8-12-10;/h1-8,15H;1-8,13H;/q;;+2. The number of rotatable bonds is 2. The van der Waals surface area contributed by atoms with E-state index in [4.69, 9.17) is 0 Å². The molecule has 5 aromatic rings. The van der Waals surface area contributed by atoms with E-state index in [2.05, 4.69) is 9.97 Å². The summed E-state index contributed by atoms with van der Waals surface area (Å²) in [5.41, 5.74) is 3.38. The number of fused-ring (bicyclic) bond motifs is 1. The van der Waals surface area contributed by atoms with Crippen LogP contribution in [0.3, 0.4) is 0 Å². The van der Waals surface area contributed by atoms with Gasteiger partial charge in [0.1, 0.15) is 4.70 Å². The first kappa shape index (κ1) is 21.2. The van der Waals surface area contributed by atoms with E-state index >= 15 is 0 Å². The fourth-order valence-corrected chi connectivity index (χ4v) is 3.98. The Bertz CT molecular complexity index is 1210. The second kappa shape index (κ2) is 9.79. The van der Waals surface area contributed by atoms with Gasteiger partial charge in [0.15, 0.2) is 6.20 Å². The van der Waals surface area contributed by atoms with Gasteiger partial charge in [0.2, 0.25) is 11.2 Å². The summed E-state index contributed by atoms with van der Waals surface area (Å²) in [5, 5.41) is 24.0. The molecule has 0 unspecified atom stereocenters. The van der Waals surface area contributed by atoms with Crippen LogP contribution in [0.15, 0.2) is 97.2 Å². The Kier molecular flexibility index (Phi) is 6.91. The summed E-state index contributed by atoms with van der Waals surface area (Å²) in [5.74, 6) is 0.107. The molecule has 0 saturated carbocycles. The molecule has 0 saturated heterocycles. The maximum atomic E-state index is 11.7. The number of pyridine rings is 1. The monoisotopic (exact) mass is 407 g/mol. The average molecular weight is 407 g/mol. The Hall–Kier alpha value is -3.53. The van der Waals surface area contributed by atoms with Crippen LogP contribution in [0.5, 0.6) is 11.5 Å². The van der Waals surface area contributed by atoms with Crippen molar-refractivity contribution >= 4 is 31.7 Å². The Morgan fingerprint density at radius 1 is 0.633 bits per heavy atom. The number of benzene rings is 3. The molecule has 2 heterocycles. The molecule has 0 atom stereocenters. The van der Waals surface area contributed by atoms with Crippen molar-refractivity contribution in [2.24, 2.45) is 0 Å². The summed E-state index contributed by atoms with van der Waals surface area (Å²) in [6.07, 6.45) is 1.81. The predicted molar refractivity (Wildman–Crippen MR) is 117 cm³/mol. The summed E-state index contributed by atoms with van der Waals surface area (Å²) in [7, 11) is 0. The zero-order valence-corrected chi connectivity index (χ0v) is 17.0. The quantitative estimate of drug-likeness (QED) is 0.421. The van der Waals surface area contributed by atoms with Gasteiger partial charge in [-0.3, -0.25) is 0 Å². The van der Waals surface area contributed by atoms with E-state index in [9.17, 15) is 10.2 Å². The van der Waals surface area contributed by atoms with Gasteiger partial charge in [-0.1, -0.05) is 71.4 Å². The van der Waals surface area contributed by atoms with Gasteiger partial charge < -0.3 is 10.2 Å². The summed E-state index contributed by atoms with van der Waals surface area (Å²) >= 11 is 1.61. The van der Waals surface area contributed by atoms with E-state index in [1.54, 1.807) is 35.6 Å². The first-order valence-electron chi connectivity index (χ1n) is 9.13. The van der Waals surface area contributed by atoms with Crippen LogP contribution in [0.1, 0.15) is 0 Å². The summed E-state index contributed by atoms with van der Waals surface area (Å²) in [6, 6.07) is 27.8. The molecule has 2 N–H and O–H groups in total. The second-order valence-electron chi connectivity index (χ2n) is 6.32. The zero-order valence-electron chi connectivity index (χ0n) is 16.2. The number of aromatic amines is 2. The first-order chi connectivity index (χ1) is 14.2. The molecular weight excluding hydrogens is 389 g/mol. The summed E-state index contributed by atoms with van der Waals surface area (Å²) in [4.78, 5) is 6.30. The molecule has 30 heavy (non-hydrogen) atoms. The summed E-state index contributed by atoms with van der Waals surface area (Å²) in [6.45, 7) is 0. The van der Waals surface area contributed by atoms with Crippen molar-refractivity contribution in [3.8, 4) is 33.3 Å². The smallest absolute Gasteiger partial charge is 0.872 e. The number of H-pyrrole nitrogens is 2. The third kappa shape index (κ3) is 4.71. The van der Waals surface area contributed by atoms with Crippen LogP contribution in [0.25, 0.3) is 32.0 Å². The number of hydrogen-bond acceptors (Lipinski definition) is 3. The van der Waals surface area contributed by atoms with Crippen LogP contribution >= 0.6 is 11.3 Å². The average Bonchev–Trinajstić information content (AvgIpc) is 3.19. The molecule has 142 valence electrons. The van der Waals surface area contributed by atoms with Crippen molar-refractivity contribution < 1.29 is 20.2 Å². The fourth-order valence-electron chi connectivity index (χ4n) is 2.94. The zero-order chi connectivity index (χ0) is 20.1. The normalized spacial score (nSPS) is 10.0. The van der Waals surface area contributed by atoms with Gasteiger partial charge in [-0.2, -0.15) is 4.98 Å². The molecule has 0 amide bonds. The van der Waals surface area contributed by atoms with Gasteiger partial charge in [0, 0.05) is 29.3 Å². The molecule has 4 nitrogen and oxygen atoms in total. The minimum atomic E-state index is 0. The molecule has 6 heteroatoms. The molecule has 0 spiro atoms. The van der Waals surface area contributed by atoms with Crippen molar-refractivity contribution in [2.45, 2.75) is 0 Å². The third-order valence-electron chi connectivity index (χ3n) is 4.37. The van der Waals surface area contributed by atoms with Crippen LogP contribution in [-0.4, -0.2) is 10.1 Å². The molecule has 2 aromatic heterocycles. The van der Waals surface area contributed by atoms with Crippen molar-refractivity contribution in [3.63, 3.8) is 0 Å². The van der Waals surface area contributed by atoms with Gasteiger partial charge in [0.25, 0.3) is 5.01 Å². The van der Waals surface area contributed by atoms with Crippen molar-refractivity contribution in [2.75, 3.05) is 0 Å². The molecule has 0 bridgehead atoms. The van der Waals surface area contributed by atoms with Crippen LogP contribution < -0.4 is 20.2 Å². The fraction of sp³-hybridized carbons (Fsp3) is 0. The SMILES string of the molecule is [Be+2].[O-]c1ccccc1-c1[nH+]c2ccccc2s1.[O-]c1ccccc1-c1cccc[nH+]1. The maximum absolute atomic E-state index is 11.7. The van der Waals surface area contributed by atoms with E-state index in [0.717, 1.165) is 21.8 Å². The Balaban J connectivity index is 0.000000169. The Morgan fingerprint density at radius 3 is 1.87 bits per heavy atom.